The molecule has 190 valence electrons. The molecule has 2 heterocycles. The van der Waals surface area contributed by atoms with E-state index in [0.717, 1.165) is 24.2 Å². The molecule has 1 amide bonds. The zero-order valence-corrected chi connectivity index (χ0v) is 19.1. The lowest BCUT2D eigenvalue weighted by molar-refractivity contribution is -0.150. The number of carbonyl (C=O) groups is 2. The predicted octanol–water partition coefficient (Wildman–Crippen LogP) is 2.66. The van der Waals surface area contributed by atoms with Crippen molar-refractivity contribution in [2.24, 2.45) is 0 Å². The van der Waals surface area contributed by atoms with E-state index < -0.39 is 48.7 Å². The van der Waals surface area contributed by atoms with E-state index in [9.17, 15) is 28.3 Å². The van der Waals surface area contributed by atoms with E-state index in [1.807, 2.05) is 37.3 Å². The van der Waals surface area contributed by atoms with Crippen LogP contribution in [-0.4, -0.2) is 58.1 Å². The maximum absolute atomic E-state index is 14.7. The molecule has 1 saturated heterocycles. The first kappa shape index (κ1) is 26.2. The van der Waals surface area contributed by atoms with Crippen molar-refractivity contribution in [1.29, 1.82) is 0 Å². The van der Waals surface area contributed by atoms with E-state index >= 15 is 0 Å². The number of alkyl halides is 2. The summed E-state index contributed by atoms with van der Waals surface area (Å²) in [5, 5.41) is 12.3. The van der Waals surface area contributed by atoms with E-state index in [2.05, 4.69) is 10.3 Å². The maximum atomic E-state index is 14.7. The molecule has 1 aromatic carbocycles. The third-order valence-corrected chi connectivity index (χ3v) is 5.29. The minimum absolute atomic E-state index is 0.0192. The van der Waals surface area contributed by atoms with Gasteiger partial charge in [0.25, 0.3) is 0 Å². The number of aryl methyl sites for hydroxylation is 1. The van der Waals surface area contributed by atoms with E-state index in [-0.39, 0.29) is 18.8 Å². The molecular formula is C23H27F2N3O7. The second kappa shape index (κ2) is 11.8. The lowest BCUT2D eigenvalue weighted by atomic mass is 10.1. The van der Waals surface area contributed by atoms with Crippen LogP contribution in [0.1, 0.15) is 38.0 Å². The first-order chi connectivity index (χ1) is 16.7. The monoisotopic (exact) mass is 495 g/mol. The molecule has 0 spiro atoms. The fourth-order valence-electron chi connectivity index (χ4n) is 3.36. The van der Waals surface area contributed by atoms with Gasteiger partial charge in [0.2, 0.25) is 6.23 Å². The fourth-order valence-corrected chi connectivity index (χ4v) is 3.36. The zero-order chi connectivity index (χ0) is 25.4. The maximum Gasteiger partial charge on any atom is 0.412 e. The number of esters is 1. The van der Waals surface area contributed by atoms with Gasteiger partial charge in [0.05, 0.1) is 6.61 Å². The third-order valence-electron chi connectivity index (χ3n) is 5.29. The van der Waals surface area contributed by atoms with Gasteiger partial charge in [-0.1, -0.05) is 43.7 Å². The Hall–Kier alpha value is -3.38. The van der Waals surface area contributed by atoms with Crippen molar-refractivity contribution in [2.45, 2.75) is 57.0 Å². The molecule has 1 aromatic heterocycles. The summed E-state index contributed by atoms with van der Waals surface area (Å²) in [6.45, 7) is 1.48. The molecule has 0 saturated carbocycles. The van der Waals surface area contributed by atoms with E-state index in [4.69, 9.17) is 14.2 Å². The Labute approximate surface area is 199 Å². The van der Waals surface area contributed by atoms with Crippen LogP contribution in [0.3, 0.4) is 0 Å². The minimum Gasteiger partial charge on any atom is -0.463 e. The molecule has 10 nitrogen and oxygen atoms in total. The van der Waals surface area contributed by atoms with Gasteiger partial charge in [0, 0.05) is 12.6 Å². The van der Waals surface area contributed by atoms with Gasteiger partial charge in [-0.15, -0.1) is 0 Å². The van der Waals surface area contributed by atoms with Gasteiger partial charge in [-0.2, -0.15) is 13.8 Å². The number of amides is 1. The first-order valence-corrected chi connectivity index (χ1v) is 11.2. The molecule has 1 fully saturated rings. The summed E-state index contributed by atoms with van der Waals surface area (Å²) in [5.41, 5.74) is -0.235. The number of benzene rings is 1. The van der Waals surface area contributed by atoms with E-state index in [1.165, 1.54) is 0 Å². The summed E-state index contributed by atoms with van der Waals surface area (Å²) >= 11 is 0. The summed E-state index contributed by atoms with van der Waals surface area (Å²) in [5.74, 6) is -4.71. The van der Waals surface area contributed by atoms with Crippen molar-refractivity contribution in [1.82, 2.24) is 9.55 Å². The molecule has 0 unspecified atom stereocenters. The fraction of sp³-hybridized carbons (Fsp3) is 0.478. The molecule has 35 heavy (non-hydrogen) atoms. The number of unbranched alkanes of at least 4 members (excludes halogenated alkanes) is 1. The highest BCUT2D eigenvalue weighted by molar-refractivity contribution is 5.83. The standard InChI is InChI=1S/C23H27F2N3O7/c1-2-3-13-33-22(32)27-17-11-12-28(21(31)26-17)20-23(24,25)19(30)16(35-20)14-34-18(29)10-9-15-7-5-4-6-8-15/h4-8,11-12,16,19-20,30H,2-3,9-10,13-14H2,1H3,(H,26,27,31,32)/t16-,19-,20-/m1/s1. The van der Waals surface area contributed by atoms with Crippen molar-refractivity contribution in [3.8, 4) is 0 Å². The Kier molecular flexibility index (Phi) is 8.88. The van der Waals surface area contributed by atoms with E-state index in [0.29, 0.717) is 17.4 Å². The molecule has 1 aliphatic heterocycles. The number of ether oxygens (including phenoxy) is 3. The van der Waals surface area contributed by atoms with Crippen molar-refractivity contribution in [3.63, 3.8) is 0 Å². The van der Waals surface area contributed by atoms with Crippen LogP contribution >= 0.6 is 0 Å². The van der Waals surface area contributed by atoms with Crippen molar-refractivity contribution < 1.29 is 37.7 Å². The number of nitrogens with zero attached hydrogens (tertiary/aromatic N) is 2. The number of nitrogens with one attached hydrogen (secondary N) is 1. The Morgan fingerprint density at radius 1 is 1.23 bits per heavy atom. The lowest BCUT2D eigenvalue weighted by Gasteiger charge is -2.21. The molecule has 3 rings (SSSR count). The number of aliphatic hydroxyl groups is 1. The van der Waals surface area contributed by atoms with Crippen LogP contribution in [0.25, 0.3) is 0 Å². The molecule has 2 aromatic rings. The SMILES string of the molecule is CCCCOC(=O)Nc1ccn([C@@H]2O[C@H](COC(=O)CCc3ccccc3)[C@@H](O)C2(F)F)c(=O)n1. The summed E-state index contributed by atoms with van der Waals surface area (Å²) in [6, 6.07) is 10.3. The first-order valence-electron chi connectivity index (χ1n) is 11.2. The highest BCUT2D eigenvalue weighted by atomic mass is 19.3. The Morgan fingerprint density at radius 2 is 1.97 bits per heavy atom. The van der Waals surface area contributed by atoms with Crippen LogP contribution in [0.2, 0.25) is 0 Å². The van der Waals surface area contributed by atoms with Crippen molar-refractivity contribution >= 4 is 17.9 Å². The minimum atomic E-state index is -3.87. The highest BCUT2D eigenvalue weighted by Gasteiger charge is 2.60. The van der Waals surface area contributed by atoms with Gasteiger partial charge < -0.3 is 19.3 Å². The average molecular weight is 495 g/mol. The van der Waals surface area contributed by atoms with Gasteiger partial charge in [0.1, 0.15) is 18.5 Å². The van der Waals surface area contributed by atoms with Gasteiger partial charge in [0.15, 0.2) is 6.10 Å². The molecule has 0 bridgehead atoms. The second-order valence-electron chi connectivity index (χ2n) is 7.93. The Balaban J connectivity index is 1.58. The molecule has 0 radical (unpaired) electrons. The van der Waals surface area contributed by atoms with Gasteiger partial charge >= 0.3 is 23.7 Å². The smallest absolute Gasteiger partial charge is 0.412 e. The summed E-state index contributed by atoms with van der Waals surface area (Å²) < 4.78 is 45.0. The number of carbonyl (C=O) groups excluding carboxylic acids is 2. The van der Waals surface area contributed by atoms with Crippen LogP contribution < -0.4 is 11.0 Å². The summed E-state index contributed by atoms with van der Waals surface area (Å²) in [4.78, 5) is 39.6. The number of hydrogen-bond acceptors (Lipinski definition) is 8. The number of rotatable bonds is 10. The van der Waals surface area contributed by atoms with Crippen LogP contribution in [0.15, 0.2) is 47.4 Å². The third kappa shape index (κ3) is 6.83. The summed E-state index contributed by atoms with van der Waals surface area (Å²) in [7, 11) is 0. The normalized spacial score (nSPS) is 20.9. The second-order valence-corrected chi connectivity index (χ2v) is 7.93. The quantitative estimate of drug-likeness (QED) is 0.380. The molecule has 2 N–H and O–H groups in total. The van der Waals surface area contributed by atoms with Crippen LogP contribution in [0.5, 0.6) is 0 Å². The Bertz CT molecular complexity index is 1060. The number of halogens is 2. The molecular weight excluding hydrogens is 468 g/mol. The molecule has 3 atom stereocenters. The van der Waals surface area contributed by atoms with E-state index in [1.54, 1.807) is 0 Å². The topological polar surface area (TPSA) is 129 Å². The summed E-state index contributed by atoms with van der Waals surface area (Å²) in [6.07, 6.45) is -4.06. The van der Waals surface area contributed by atoms with Gasteiger partial charge in [-0.3, -0.25) is 14.7 Å². The van der Waals surface area contributed by atoms with Crippen molar-refractivity contribution in [3.05, 3.63) is 58.6 Å². The number of anilines is 1. The lowest BCUT2D eigenvalue weighted by Crippen LogP contribution is -2.42. The molecule has 12 heteroatoms. The largest absolute Gasteiger partial charge is 0.463 e. The predicted molar refractivity (Wildman–Crippen MR) is 119 cm³/mol. The molecule has 0 aliphatic carbocycles. The number of hydrogen-bond donors (Lipinski definition) is 2. The number of aliphatic hydroxyl groups excluding tert-OH is 1. The number of aromatic nitrogens is 2. The highest BCUT2D eigenvalue weighted by Crippen LogP contribution is 2.42. The van der Waals surface area contributed by atoms with Gasteiger partial charge in [-0.25, -0.2) is 9.59 Å². The Morgan fingerprint density at radius 3 is 2.66 bits per heavy atom. The van der Waals surface area contributed by atoms with Crippen LogP contribution in [0, 0.1) is 0 Å². The van der Waals surface area contributed by atoms with Gasteiger partial charge in [-0.05, 0) is 24.5 Å². The zero-order valence-electron chi connectivity index (χ0n) is 19.1. The van der Waals surface area contributed by atoms with Crippen LogP contribution in [0.4, 0.5) is 19.4 Å². The molecule has 1 aliphatic rings. The average Bonchev–Trinajstić information content (AvgIpc) is 3.05. The van der Waals surface area contributed by atoms with Crippen LogP contribution in [-0.2, 0) is 25.4 Å². The van der Waals surface area contributed by atoms with Crippen molar-refractivity contribution in [2.75, 3.05) is 18.5 Å².